The van der Waals surface area contributed by atoms with Crippen molar-refractivity contribution in [2.75, 3.05) is 70.9 Å². The molecule has 2 saturated heterocycles. The van der Waals surface area contributed by atoms with Crippen molar-refractivity contribution in [1.29, 1.82) is 0 Å². The number of nitrogens with zero attached hydrogens (tertiary/aromatic N) is 5. The molecular weight excluding hydrogens is 535 g/mol. The van der Waals surface area contributed by atoms with E-state index in [1.165, 1.54) is 23.7 Å². The van der Waals surface area contributed by atoms with Crippen LogP contribution in [0.1, 0.15) is 18.5 Å². The molecule has 0 saturated carbocycles. The summed E-state index contributed by atoms with van der Waals surface area (Å²) < 4.78 is 5.83. The molecular formula is C23H35IN6OS. The molecule has 0 aliphatic carbocycles. The predicted molar refractivity (Wildman–Crippen MR) is 144 cm³/mol. The van der Waals surface area contributed by atoms with Crippen LogP contribution in [0.2, 0.25) is 0 Å². The van der Waals surface area contributed by atoms with E-state index in [9.17, 15) is 0 Å². The highest BCUT2D eigenvalue weighted by Crippen LogP contribution is 2.24. The number of piperazine rings is 1. The molecule has 0 bridgehead atoms. The number of thiazole rings is 1. The quantitative estimate of drug-likeness (QED) is 0.299. The van der Waals surface area contributed by atoms with Crippen LogP contribution in [0.25, 0.3) is 0 Å². The second-order valence-electron chi connectivity index (χ2n) is 8.03. The van der Waals surface area contributed by atoms with Crippen LogP contribution < -0.4 is 15.0 Å². The van der Waals surface area contributed by atoms with Gasteiger partial charge in [0.25, 0.3) is 0 Å². The van der Waals surface area contributed by atoms with Crippen LogP contribution >= 0.6 is 35.3 Å². The molecule has 0 unspecified atom stereocenters. The monoisotopic (exact) mass is 570 g/mol. The van der Waals surface area contributed by atoms with E-state index >= 15 is 0 Å². The van der Waals surface area contributed by atoms with Crippen molar-refractivity contribution in [1.82, 2.24) is 20.1 Å². The SMILES string of the molecule is CN=C(NCCc1csc(N2CCCC2)n1)N1CCN(CCOc2ccccc2)CC1.I. The van der Waals surface area contributed by atoms with Crippen LogP contribution in [0.15, 0.2) is 40.7 Å². The number of rotatable bonds is 8. The molecule has 1 aromatic heterocycles. The zero-order valence-electron chi connectivity index (χ0n) is 18.9. The lowest BCUT2D eigenvalue weighted by molar-refractivity contribution is 0.152. The number of hydrogen-bond donors (Lipinski definition) is 1. The number of guanidine groups is 1. The highest BCUT2D eigenvalue weighted by molar-refractivity contribution is 14.0. The zero-order chi connectivity index (χ0) is 21.3. The van der Waals surface area contributed by atoms with Gasteiger partial charge in [-0.3, -0.25) is 9.89 Å². The van der Waals surface area contributed by atoms with Gasteiger partial charge < -0.3 is 19.9 Å². The molecule has 0 radical (unpaired) electrons. The van der Waals surface area contributed by atoms with Crippen LogP contribution in [0.5, 0.6) is 5.75 Å². The number of halogens is 1. The van der Waals surface area contributed by atoms with Gasteiger partial charge in [-0.05, 0) is 25.0 Å². The first kappa shape index (κ1) is 25.0. The Balaban J connectivity index is 0.00000289. The molecule has 2 fully saturated rings. The lowest BCUT2D eigenvalue weighted by atomic mass is 10.3. The first-order valence-electron chi connectivity index (χ1n) is 11.4. The fourth-order valence-electron chi connectivity index (χ4n) is 4.09. The summed E-state index contributed by atoms with van der Waals surface area (Å²) in [6, 6.07) is 10.0. The van der Waals surface area contributed by atoms with Crippen LogP contribution in [0.4, 0.5) is 5.13 Å². The summed E-state index contributed by atoms with van der Waals surface area (Å²) in [4.78, 5) is 16.5. The molecule has 0 amide bonds. The average Bonchev–Trinajstić information content (AvgIpc) is 3.50. The molecule has 32 heavy (non-hydrogen) atoms. The van der Waals surface area contributed by atoms with Crippen LogP contribution in [0.3, 0.4) is 0 Å². The van der Waals surface area contributed by atoms with Gasteiger partial charge in [0.1, 0.15) is 12.4 Å². The van der Waals surface area contributed by atoms with Crippen molar-refractivity contribution in [3.8, 4) is 5.75 Å². The Kier molecular flexibility index (Phi) is 10.3. The number of para-hydroxylation sites is 1. The number of anilines is 1. The number of hydrogen-bond acceptors (Lipinski definition) is 6. The van der Waals surface area contributed by atoms with Crippen molar-refractivity contribution in [2.24, 2.45) is 4.99 Å². The predicted octanol–water partition coefficient (Wildman–Crippen LogP) is 3.18. The number of benzene rings is 1. The molecule has 0 atom stereocenters. The smallest absolute Gasteiger partial charge is 0.193 e. The summed E-state index contributed by atoms with van der Waals surface area (Å²) in [5, 5.41) is 6.92. The normalized spacial score (nSPS) is 17.3. The highest BCUT2D eigenvalue weighted by Gasteiger charge is 2.20. The molecule has 2 aromatic rings. The number of aliphatic imine (C=N–C) groups is 1. The molecule has 1 N–H and O–H groups in total. The topological polar surface area (TPSA) is 56.2 Å². The second kappa shape index (κ2) is 13.2. The minimum Gasteiger partial charge on any atom is -0.492 e. The Labute approximate surface area is 212 Å². The standard InChI is InChI=1S/C23H34N6OS.HI/c1-24-22(25-10-9-20-19-31-23(26-20)29-11-5-6-12-29)28-15-13-27(14-16-28)17-18-30-21-7-3-2-4-8-21;/h2-4,7-8,19H,5-6,9-18H2,1H3,(H,24,25);1H. The maximum atomic E-state index is 5.83. The number of ether oxygens (including phenoxy) is 1. The molecule has 9 heteroatoms. The third-order valence-corrected chi connectivity index (χ3v) is 6.83. The van der Waals surface area contributed by atoms with E-state index in [0.717, 1.165) is 77.1 Å². The highest BCUT2D eigenvalue weighted by atomic mass is 127. The molecule has 176 valence electrons. The molecule has 4 rings (SSSR count). The Morgan fingerprint density at radius 1 is 1.09 bits per heavy atom. The largest absolute Gasteiger partial charge is 0.492 e. The van der Waals surface area contributed by atoms with Gasteiger partial charge in [-0.15, -0.1) is 35.3 Å². The minimum absolute atomic E-state index is 0. The summed E-state index contributed by atoms with van der Waals surface area (Å²) in [5.74, 6) is 1.94. The average molecular weight is 571 g/mol. The Bertz CT molecular complexity index is 819. The maximum Gasteiger partial charge on any atom is 0.193 e. The second-order valence-corrected chi connectivity index (χ2v) is 8.87. The lowest BCUT2D eigenvalue weighted by Crippen LogP contribution is -2.53. The van der Waals surface area contributed by atoms with Crippen LogP contribution in [0, 0.1) is 0 Å². The number of aromatic nitrogens is 1. The Hall–Kier alpha value is -1.59. The minimum atomic E-state index is 0. The van der Waals surface area contributed by atoms with Gasteiger partial charge in [0, 0.05) is 71.2 Å². The fourth-order valence-corrected chi connectivity index (χ4v) is 5.01. The first-order valence-corrected chi connectivity index (χ1v) is 12.2. The maximum absolute atomic E-state index is 5.83. The Morgan fingerprint density at radius 3 is 2.56 bits per heavy atom. The fraction of sp³-hybridized carbons (Fsp3) is 0.565. The lowest BCUT2D eigenvalue weighted by Gasteiger charge is -2.36. The van der Waals surface area contributed by atoms with Gasteiger partial charge in [-0.1, -0.05) is 18.2 Å². The van der Waals surface area contributed by atoms with Gasteiger partial charge in [0.05, 0.1) is 5.69 Å². The molecule has 0 spiro atoms. The summed E-state index contributed by atoms with van der Waals surface area (Å²) in [5.41, 5.74) is 1.18. The van der Waals surface area contributed by atoms with Crippen molar-refractivity contribution >= 4 is 46.4 Å². The summed E-state index contributed by atoms with van der Waals surface area (Å²) in [6.07, 6.45) is 3.51. The first-order chi connectivity index (χ1) is 15.3. The van der Waals surface area contributed by atoms with E-state index in [2.05, 4.69) is 30.4 Å². The van der Waals surface area contributed by atoms with E-state index in [0.29, 0.717) is 0 Å². The summed E-state index contributed by atoms with van der Waals surface area (Å²) in [6.45, 7) is 8.89. The van der Waals surface area contributed by atoms with E-state index in [1.807, 2.05) is 37.4 Å². The van der Waals surface area contributed by atoms with Crippen LogP contribution in [-0.4, -0.2) is 86.8 Å². The van der Waals surface area contributed by atoms with Crippen molar-refractivity contribution < 1.29 is 4.74 Å². The summed E-state index contributed by atoms with van der Waals surface area (Å²) in [7, 11) is 1.87. The number of nitrogens with one attached hydrogen (secondary N) is 1. The van der Waals surface area contributed by atoms with E-state index in [4.69, 9.17) is 9.72 Å². The van der Waals surface area contributed by atoms with Crippen molar-refractivity contribution in [2.45, 2.75) is 19.3 Å². The van der Waals surface area contributed by atoms with Crippen molar-refractivity contribution in [3.63, 3.8) is 0 Å². The third kappa shape index (κ3) is 7.21. The zero-order valence-corrected chi connectivity index (χ0v) is 22.1. The van der Waals surface area contributed by atoms with Crippen molar-refractivity contribution in [3.05, 3.63) is 41.4 Å². The van der Waals surface area contributed by atoms with Crippen LogP contribution in [-0.2, 0) is 6.42 Å². The van der Waals surface area contributed by atoms with Gasteiger partial charge in [-0.25, -0.2) is 4.98 Å². The molecule has 7 nitrogen and oxygen atoms in total. The molecule has 1 aromatic carbocycles. The van der Waals surface area contributed by atoms with Gasteiger partial charge >= 0.3 is 0 Å². The van der Waals surface area contributed by atoms with Gasteiger partial charge in [0.15, 0.2) is 11.1 Å². The third-order valence-electron chi connectivity index (χ3n) is 5.88. The van der Waals surface area contributed by atoms with E-state index < -0.39 is 0 Å². The van der Waals surface area contributed by atoms with E-state index in [1.54, 1.807) is 11.3 Å². The molecule has 3 heterocycles. The van der Waals surface area contributed by atoms with Gasteiger partial charge in [-0.2, -0.15) is 0 Å². The molecule has 2 aliphatic rings. The molecule has 2 aliphatic heterocycles. The van der Waals surface area contributed by atoms with E-state index in [-0.39, 0.29) is 24.0 Å². The van der Waals surface area contributed by atoms with Gasteiger partial charge in [0.2, 0.25) is 0 Å². The summed E-state index contributed by atoms with van der Waals surface area (Å²) >= 11 is 1.78. The Morgan fingerprint density at radius 2 is 1.84 bits per heavy atom.